The first-order valence-corrected chi connectivity index (χ1v) is 3.56. The van der Waals surface area contributed by atoms with Crippen LogP contribution in [0.1, 0.15) is 26.7 Å². The molecule has 0 radical (unpaired) electrons. The van der Waals surface area contributed by atoms with Crippen LogP contribution >= 0.6 is 0 Å². The van der Waals surface area contributed by atoms with Gasteiger partial charge < -0.3 is 15.3 Å². The lowest BCUT2D eigenvalue weighted by Gasteiger charge is -2.26. The molecule has 0 amide bonds. The lowest BCUT2D eigenvalue weighted by atomic mass is 9.94. The molecule has 0 saturated heterocycles. The molecule has 3 nitrogen and oxygen atoms in total. The first-order valence-electron chi connectivity index (χ1n) is 3.56. The van der Waals surface area contributed by atoms with Gasteiger partial charge in [-0.3, -0.25) is 0 Å². The highest BCUT2D eigenvalue weighted by Crippen LogP contribution is 2.15. The van der Waals surface area contributed by atoms with Crippen molar-refractivity contribution in [3.05, 3.63) is 0 Å². The smallest absolute Gasteiger partial charge is 0.105 e. The van der Waals surface area contributed by atoms with E-state index in [0.717, 1.165) is 6.42 Å². The van der Waals surface area contributed by atoms with E-state index in [-0.39, 0.29) is 6.61 Å². The fourth-order valence-corrected chi connectivity index (χ4v) is 0.869. The van der Waals surface area contributed by atoms with Gasteiger partial charge in [-0.05, 0) is 13.3 Å². The van der Waals surface area contributed by atoms with E-state index < -0.39 is 11.7 Å². The summed E-state index contributed by atoms with van der Waals surface area (Å²) >= 11 is 0. The van der Waals surface area contributed by atoms with Crippen molar-refractivity contribution in [2.24, 2.45) is 0 Å². The Labute approximate surface area is 61.3 Å². The quantitative estimate of drug-likeness (QED) is 0.521. The molecule has 2 atom stereocenters. The highest BCUT2D eigenvalue weighted by molar-refractivity contribution is 4.80. The maximum atomic E-state index is 9.37. The van der Waals surface area contributed by atoms with Gasteiger partial charge in [0.2, 0.25) is 0 Å². The van der Waals surface area contributed by atoms with Crippen molar-refractivity contribution in [2.75, 3.05) is 6.61 Å². The largest absolute Gasteiger partial charge is 0.394 e. The van der Waals surface area contributed by atoms with Crippen LogP contribution in [-0.2, 0) is 0 Å². The molecule has 0 saturated carbocycles. The maximum Gasteiger partial charge on any atom is 0.105 e. The average Bonchev–Trinajstić information content (AvgIpc) is 1.86. The van der Waals surface area contributed by atoms with Gasteiger partial charge in [0.1, 0.15) is 6.10 Å². The molecule has 3 heteroatoms. The summed E-state index contributed by atoms with van der Waals surface area (Å²) in [6.07, 6.45) is 0.283. The molecule has 0 bridgehead atoms. The second-order valence-electron chi connectivity index (χ2n) is 2.81. The minimum Gasteiger partial charge on any atom is -0.394 e. The van der Waals surface area contributed by atoms with E-state index in [1.165, 1.54) is 6.92 Å². The van der Waals surface area contributed by atoms with E-state index in [2.05, 4.69) is 0 Å². The predicted octanol–water partition coefficient (Wildman–Crippen LogP) is -0.109. The first kappa shape index (κ1) is 9.88. The molecular weight excluding hydrogens is 132 g/mol. The number of hydrogen-bond donors (Lipinski definition) is 3. The standard InChI is InChI=1S/C7H16O3/c1-3-4-7(2,10)6(9)5-8/h6,8-10H,3-5H2,1-2H3/t6-,7?/m1/s1. The van der Waals surface area contributed by atoms with E-state index in [0.29, 0.717) is 6.42 Å². The molecule has 0 aliphatic heterocycles. The van der Waals surface area contributed by atoms with E-state index in [4.69, 9.17) is 10.2 Å². The van der Waals surface area contributed by atoms with Crippen molar-refractivity contribution < 1.29 is 15.3 Å². The van der Waals surface area contributed by atoms with Gasteiger partial charge in [-0.1, -0.05) is 13.3 Å². The van der Waals surface area contributed by atoms with Gasteiger partial charge in [-0.25, -0.2) is 0 Å². The third kappa shape index (κ3) is 2.64. The van der Waals surface area contributed by atoms with Crippen LogP contribution in [-0.4, -0.2) is 33.6 Å². The summed E-state index contributed by atoms with van der Waals surface area (Å²) in [5.41, 5.74) is -1.14. The zero-order valence-electron chi connectivity index (χ0n) is 6.54. The third-order valence-electron chi connectivity index (χ3n) is 1.65. The highest BCUT2D eigenvalue weighted by atomic mass is 16.4. The molecule has 0 aliphatic rings. The van der Waals surface area contributed by atoms with Crippen LogP contribution in [0.15, 0.2) is 0 Å². The second kappa shape index (κ2) is 3.91. The minimum atomic E-state index is -1.14. The number of aliphatic hydroxyl groups excluding tert-OH is 2. The van der Waals surface area contributed by atoms with E-state index in [9.17, 15) is 5.11 Å². The van der Waals surface area contributed by atoms with Crippen LogP contribution in [0.5, 0.6) is 0 Å². The lowest BCUT2D eigenvalue weighted by Crippen LogP contribution is -2.41. The fourth-order valence-electron chi connectivity index (χ4n) is 0.869. The highest BCUT2D eigenvalue weighted by Gasteiger charge is 2.28. The summed E-state index contributed by atoms with van der Waals surface area (Å²) in [6, 6.07) is 0. The summed E-state index contributed by atoms with van der Waals surface area (Å²) < 4.78 is 0. The SMILES string of the molecule is CCCC(C)(O)[C@H](O)CO. The Morgan fingerprint density at radius 2 is 2.00 bits per heavy atom. The van der Waals surface area contributed by atoms with Gasteiger partial charge in [-0.15, -0.1) is 0 Å². The molecule has 0 rings (SSSR count). The molecule has 62 valence electrons. The van der Waals surface area contributed by atoms with E-state index in [1.54, 1.807) is 0 Å². The molecule has 10 heavy (non-hydrogen) atoms. The molecule has 1 unspecified atom stereocenters. The Balaban J connectivity index is 3.82. The van der Waals surface area contributed by atoms with Crippen molar-refractivity contribution in [3.63, 3.8) is 0 Å². The molecule has 0 fully saturated rings. The molecule has 0 aromatic carbocycles. The van der Waals surface area contributed by atoms with E-state index in [1.807, 2.05) is 6.92 Å². The van der Waals surface area contributed by atoms with Crippen LogP contribution in [0.2, 0.25) is 0 Å². The van der Waals surface area contributed by atoms with Crippen LogP contribution < -0.4 is 0 Å². The van der Waals surface area contributed by atoms with Crippen molar-refractivity contribution in [2.45, 2.75) is 38.4 Å². The predicted molar refractivity (Wildman–Crippen MR) is 38.6 cm³/mol. The average molecular weight is 148 g/mol. The fraction of sp³-hybridized carbons (Fsp3) is 1.00. The molecule has 0 aromatic heterocycles. The third-order valence-corrected chi connectivity index (χ3v) is 1.65. The Hall–Kier alpha value is -0.120. The summed E-state index contributed by atoms with van der Waals surface area (Å²) in [6.45, 7) is 3.06. The van der Waals surface area contributed by atoms with Crippen LogP contribution in [0.3, 0.4) is 0 Å². The molecule has 0 spiro atoms. The Bertz CT molecular complexity index is 90.9. The van der Waals surface area contributed by atoms with Gasteiger partial charge in [-0.2, -0.15) is 0 Å². The van der Waals surface area contributed by atoms with Crippen LogP contribution in [0.25, 0.3) is 0 Å². The zero-order chi connectivity index (χ0) is 8.20. The van der Waals surface area contributed by atoms with Crippen LogP contribution in [0.4, 0.5) is 0 Å². The second-order valence-corrected chi connectivity index (χ2v) is 2.81. The molecule has 0 heterocycles. The van der Waals surface area contributed by atoms with Gasteiger partial charge in [0, 0.05) is 0 Å². The van der Waals surface area contributed by atoms with Crippen molar-refractivity contribution in [1.82, 2.24) is 0 Å². The molecule has 0 aliphatic carbocycles. The Kier molecular flexibility index (Phi) is 3.86. The molecular formula is C7H16O3. The maximum absolute atomic E-state index is 9.37. The number of aliphatic hydroxyl groups is 3. The van der Waals surface area contributed by atoms with E-state index >= 15 is 0 Å². The van der Waals surface area contributed by atoms with Gasteiger partial charge >= 0.3 is 0 Å². The van der Waals surface area contributed by atoms with Crippen molar-refractivity contribution in [3.8, 4) is 0 Å². The van der Waals surface area contributed by atoms with Crippen LogP contribution in [0, 0.1) is 0 Å². The summed E-state index contributed by atoms with van der Waals surface area (Å²) in [5, 5.41) is 26.9. The molecule has 3 N–H and O–H groups in total. The number of rotatable bonds is 4. The normalized spacial score (nSPS) is 20.1. The first-order chi connectivity index (χ1) is 4.54. The van der Waals surface area contributed by atoms with Crippen molar-refractivity contribution in [1.29, 1.82) is 0 Å². The number of hydrogen-bond acceptors (Lipinski definition) is 3. The minimum absolute atomic E-state index is 0.382. The van der Waals surface area contributed by atoms with Gasteiger partial charge in [0.25, 0.3) is 0 Å². The lowest BCUT2D eigenvalue weighted by molar-refractivity contribution is -0.0874. The Morgan fingerprint density at radius 3 is 2.30 bits per heavy atom. The topological polar surface area (TPSA) is 60.7 Å². The van der Waals surface area contributed by atoms with Gasteiger partial charge in [0.05, 0.1) is 12.2 Å². The summed E-state index contributed by atoms with van der Waals surface area (Å²) in [5.74, 6) is 0. The zero-order valence-corrected chi connectivity index (χ0v) is 6.54. The Morgan fingerprint density at radius 1 is 1.50 bits per heavy atom. The van der Waals surface area contributed by atoms with Crippen molar-refractivity contribution >= 4 is 0 Å². The van der Waals surface area contributed by atoms with Gasteiger partial charge in [0.15, 0.2) is 0 Å². The summed E-state index contributed by atoms with van der Waals surface area (Å²) in [4.78, 5) is 0. The molecule has 0 aromatic rings. The summed E-state index contributed by atoms with van der Waals surface area (Å²) in [7, 11) is 0. The monoisotopic (exact) mass is 148 g/mol.